The molecule has 10 nitrogen and oxygen atoms in total. The topological polar surface area (TPSA) is 114 Å². The lowest BCUT2D eigenvalue weighted by Crippen LogP contribution is -2.21. The molecular formula is C39H37N5O5. The molecule has 0 bridgehead atoms. The molecule has 49 heavy (non-hydrogen) atoms. The summed E-state index contributed by atoms with van der Waals surface area (Å²) in [5, 5.41) is 16.3. The van der Waals surface area contributed by atoms with Gasteiger partial charge in [-0.1, -0.05) is 38.1 Å². The number of rotatable bonds is 10. The van der Waals surface area contributed by atoms with Crippen molar-refractivity contribution < 1.29 is 14.4 Å². The van der Waals surface area contributed by atoms with Crippen LogP contribution in [0.2, 0.25) is 0 Å². The van der Waals surface area contributed by atoms with Crippen molar-refractivity contribution in [3.63, 3.8) is 0 Å². The van der Waals surface area contributed by atoms with Crippen LogP contribution >= 0.6 is 0 Å². The first-order valence-corrected chi connectivity index (χ1v) is 16.0. The minimum absolute atomic E-state index is 0.0310. The highest BCUT2D eigenvalue weighted by Gasteiger charge is 2.19. The van der Waals surface area contributed by atoms with Gasteiger partial charge in [0.2, 0.25) is 0 Å². The Kier molecular flexibility index (Phi) is 9.13. The molecule has 10 heteroatoms. The fourth-order valence-electron chi connectivity index (χ4n) is 6.03. The third-order valence-corrected chi connectivity index (χ3v) is 8.60. The second-order valence-corrected chi connectivity index (χ2v) is 12.2. The van der Waals surface area contributed by atoms with E-state index in [0.29, 0.717) is 28.0 Å². The molecule has 0 radical (unpaired) electrons. The van der Waals surface area contributed by atoms with Gasteiger partial charge in [-0.15, -0.1) is 0 Å². The van der Waals surface area contributed by atoms with E-state index in [2.05, 4.69) is 18.4 Å². The van der Waals surface area contributed by atoms with Crippen molar-refractivity contribution in [2.45, 2.75) is 47.1 Å². The molecule has 2 heterocycles. The van der Waals surface area contributed by atoms with Crippen LogP contribution in [0.5, 0.6) is 11.5 Å². The van der Waals surface area contributed by atoms with Crippen LogP contribution < -0.4 is 15.0 Å². The first-order valence-electron chi connectivity index (χ1n) is 16.0. The van der Waals surface area contributed by atoms with E-state index in [1.807, 2.05) is 81.4 Å². The fourth-order valence-corrected chi connectivity index (χ4v) is 6.03. The number of ether oxygens (including phenoxy) is 2. The van der Waals surface area contributed by atoms with Crippen molar-refractivity contribution in [2.75, 3.05) is 7.11 Å². The summed E-state index contributed by atoms with van der Waals surface area (Å²) in [4.78, 5) is 29.6. The molecule has 248 valence electrons. The van der Waals surface area contributed by atoms with Crippen molar-refractivity contribution in [1.29, 1.82) is 0 Å². The van der Waals surface area contributed by atoms with Crippen LogP contribution in [0.25, 0.3) is 28.0 Å². The molecule has 0 aliphatic carbocycles. The van der Waals surface area contributed by atoms with Crippen LogP contribution in [-0.2, 0) is 6.61 Å². The van der Waals surface area contributed by atoms with Gasteiger partial charge >= 0.3 is 0 Å². The molecule has 0 N–H and O–H groups in total. The number of non-ortho nitro benzene ring substituents is 1. The van der Waals surface area contributed by atoms with Crippen LogP contribution in [0.15, 0.2) is 101 Å². The summed E-state index contributed by atoms with van der Waals surface area (Å²) in [5.74, 6) is 2.09. The van der Waals surface area contributed by atoms with Crippen LogP contribution in [-0.4, -0.2) is 32.5 Å². The van der Waals surface area contributed by atoms with E-state index >= 15 is 0 Å². The SMILES string of the molecule is COc1cc(C)c(-c2nc3ccccc3c(=O)n2N=Cc2cc(C)n(-c3ccc(OCc4cccc([N+](=O)[O-])c4)cc3)c2C)cc1C(C)C. The van der Waals surface area contributed by atoms with Crippen molar-refractivity contribution in [3.05, 3.63) is 145 Å². The lowest BCUT2D eigenvalue weighted by atomic mass is 9.96. The monoisotopic (exact) mass is 655 g/mol. The summed E-state index contributed by atoms with van der Waals surface area (Å²) in [6, 6.07) is 27.4. The van der Waals surface area contributed by atoms with Gasteiger partial charge in [0.15, 0.2) is 5.82 Å². The molecule has 0 saturated carbocycles. The molecule has 0 unspecified atom stereocenters. The lowest BCUT2D eigenvalue weighted by Gasteiger charge is -2.17. The van der Waals surface area contributed by atoms with Gasteiger partial charge in [0.1, 0.15) is 18.1 Å². The molecule has 0 amide bonds. The Morgan fingerprint density at radius 1 is 0.959 bits per heavy atom. The van der Waals surface area contributed by atoms with Crippen LogP contribution in [0.3, 0.4) is 0 Å². The molecule has 0 atom stereocenters. The third kappa shape index (κ3) is 6.58. The average Bonchev–Trinajstić information content (AvgIpc) is 3.38. The number of nitrogens with zero attached hydrogens (tertiary/aromatic N) is 5. The lowest BCUT2D eigenvalue weighted by molar-refractivity contribution is -0.384. The molecule has 0 saturated heterocycles. The summed E-state index contributed by atoms with van der Waals surface area (Å²) < 4.78 is 15.1. The van der Waals surface area contributed by atoms with E-state index in [0.717, 1.165) is 45.1 Å². The number of nitro benzene ring substituents is 1. The summed E-state index contributed by atoms with van der Waals surface area (Å²) in [7, 11) is 1.66. The zero-order chi connectivity index (χ0) is 34.8. The molecule has 0 aliphatic heterocycles. The van der Waals surface area contributed by atoms with Gasteiger partial charge in [-0.3, -0.25) is 14.9 Å². The number of aryl methyl sites for hydroxylation is 2. The molecule has 4 aromatic carbocycles. The number of aromatic nitrogens is 3. The molecule has 6 aromatic rings. The highest BCUT2D eigenvalue weighted by molar-refractivity contribution is 5.84. The molecule has 0 aliphatic rings. The van der Waals surface area contributed by atoms with Crippen molar-refractivity contribution in [2.24, 2.45) is 5.10 Å². The Morgan fingerprint density at radius 3 is 2.43 bits per heavy atom. The Bertz CT molecular complexity index is 2280. The first kappa shape index (κ1) is 32.9. The minimum atomic E-state index is -0.418. The van der Waals surface area contributed by atoms with Crippen molar-refractivity contribution in [3.8, 4) is 28.6 Å². The van der Waals surface area contributed by atoms with E-state index in [-0.39, 0.29) is 23.8 Å². The summed E-state index contributed by atoms with van der Waals surface area (Å²) in [6.45, 7) is 10.4. The van der Waals surface area contributed by atoms with E-state index in [9.17, 15) is 14.9 Å². The minimum Gasteiger partial charge on any atom is -0.496 e. The second kappa shape index (κ2) is 13.6. The van der Waals surface area contributed by atoms with E-state index in [1.165, 1.54) is 16.8 Å². The molecule has 2 aromatic heterocycles. The van der Waals surface area contributed by atoms with E-state index in [1.54, 1.807) is 31.5 Å². The number of para-hydroxylation sites is 1. The predicted octanol–water partition coefficient (Wildman–Crippen LogP) is 8.28. The summed E-state index contributed by atoms with van der Waals surface area (Å²) in [5.41, 5.74) is 7.55. The fraction of sp³-hybridized carbons (Fsp3) is 0.205. The van der Waals surface area contributed by atoms with Crippen LogP contribution in [0, 0.1) is 30.9 Å². The summed E-state index contributed by atoms with van der Waals surface area (Å²) >= 11 is 0. The number of nitro groups is 1. The normalized spacial score (nSPS) is 11.5. The number of fused-ring (bicyclic) bond motifs is 1. The molecular weight excluding hydrogens is 618 g/mol. The molecule has 0 spiro atoms. The maximum absolute atomic E-state index is 13.9. The maximum atomic E-state index is 13.9. The zero-order valence-electron chi connectivity index (χ0n) is 28.3. The summed E-state index contributed by atoms with van der Waals surface area (Å²) in [6.07, 6.45) is 1.71. The van der Waals surface area contributed by atoms with Crippen molar-refractivity contribution >= 4 is 22.8 Å². The number of benzene rings is 4. The van der Waals surface area contributed by atoms with Crippen molar-refractivity contribution in [1.82, 2.24) is 14.2 Å². The maximum Gasteiger partial charge on any atom is 0.282 e. The Morgan fingerprint density at radius 2 is 1.71 bits per heavy atom. The Balaban J connectivity index is 1.33. The number of hydrogen-bond acceptors (Lipinski definition) is 7. The smallest absolute Gasteiger partial charge is 0.282 e. The highest BCUT2D eigenvalue weighted by Crippen LogP contribution is 2.34. The zero-order valence-corrected chi connectivity index (χ0v) is 28.3. The van der Waals surface area contributed by atoms with Crippen LogP contribution in [0.1, 0.15) is 53.4 Å². The molecule has 0 fully saturated rings. The first-order chi connectivity index (χ1) is 23.5. The number of hydrogen-bond donors (Lipinski definition) is 0. The Labute approximate surface area is 284 Å². The largest absolute Gasteiger partial charge is 0.496 e. The van der Waals surface area contributed by atoms with Gasteiger partial charge in [0, 0.05) is 40.3 Å². The second-order valence-electron chi connectivity index (χ2n) is 12.2. The third-order valence-electron chi connectivity index (χ3n) is 8.60. The predicted molar refractivity (Wildman–Crippen MR) is 192 cm³/mol. The average molecular weight is 656 g/mol. The van der Waals surface area contributed by atoms with Gasteiger partial charge < -0.3 is 14.0 Å². The Hall–Kier alpha value is -6.03. The standard InChI is InChI=1S/C39H37N5O5/c1-24(2)34-21-35(25(3)18-37(34)48-6)38-41-36-13-8-7-12-33(36)39(45)43(38)40-22-29-19-26(4)42(27(29)5)30-14-16-32(17-15-30)49-23-28-10-9-11-31(20-28)44(46)47/h7-22,24H,23H2,1-6H3. The van der Waals surface area contributed by atoms with Gasteiger partial charge in [-0.05, 0) is 98.0 Å². The highest BCUT2D eigenvalue weighted by atomic mass is 16.6. The van der Waals surface area contributed by atoms with E-state index in [4.69, 9.17) is 19.6 Å². The van der Waals surface area contributed by atoms with Crippen LogP contribution in [0.4, 0.5) is 5.69 Å². The van der Waals surface area contributed by atoms with Gasteiger partial charge in [-0.2, -0.15) is 9.78 Å². The number of methoxy groups -OCH3 is 1. The molecule has 6 rings (SSSR count). The van der Waals surface area contributed by atoms with Gasteiger partial charge in [0.05, 0.1) is 29.2 Å². The van der Waals surface area contributed by atoms with E-state index < -0.39 is 4.92 Å². The van der Waals surface area contributed by atoms with Gasteiger partial charge in [-0.25, -0.2) is 4.98 Å². The quantitative estimate of drug-likeness (QED) is 0.0834. The van der Waals surface area contributed by atoms with Gasteiger partial charge in [0.25, 0.3) is 11.2 Å².